The van der Waals surface area contributed by atoms with Gasteiger partial charge in [-0.05, 0) is 37.8 Å². The van der Waals surface area contributed by atoms with E-state index < -0.39 is 15.9 Å². The minimum atomic E-state index is -3.87. The van der Waals surface area contributed by atoms with Crippen molar-refractivity contribution in [3.8, 4) is 0 Å². The van der Waals surface area contributed by atoms with Gasteiger partial charge in [0.2, 0.25) is 15.9 Å². The number of aryl methyl sites for hydroxylation is 3. The molecule has 7 nitrogen and oxygen atoms in total. The molecule has 1 heterocycles. The fraction of sp³-hybridized carbons (Fsp3) is 0.412. The van der Waals surface area contributed by atoms with Gasteiger partial charge >= 0.3 is 0 Å². The molecule has 0 aliphatic rings. The molecule has 1 aromatic carbocycles. The molecule has 25 heavy (non-hydrogen) atoms. The van der Waals surface area contributed by atoms with Crippen LogP contribution < -0.4 is 10.0 Å². The van der Waals surface area contributed by atoms with Gasteiger partial charge in [-0.15, -0.1) is 0 Å². The summed E-state index contributed by atoms with van der Waals surface area (Å²) in [5.74, 6) is -0.0212. The first-order valence-corrected chi connectivity index (χ1v) is 9.43. The Morgan fingerprint density at radius 2 is 1.92 bits per heavy atom. The summed E-state index contributed by atoms with van der Waals surface area (Å²) >= 11 is 0. The minimum absolute atomic E-state index is 0.0286. The van der Waals surface area contributed by atoms with E-state index in [9.17, 15) is 13.2 Å². The van der Waals surface area contributed by atoms with Gasteiger partial charge in [0.15, 0.2) is 5.76 Å². The number of nitrogens with one attached hydrogen (secondary N) is 2. The smallest absolute Gasteiger partial charge is 0.246 e. The number of amides is 1. The van der Waals surface area contributed by atoms with E-state index in [0.717, 1.165) is 16.8 Å². The molecule has 1 aromatic heterocycles. The Kier molecular flexibility index (Phi) is 5.64. The van der Waals surface area contributed by atoms with Crippen LogP contribution in [0.4, 0.5) is 5.69 Å². The molecule has 0 atom stereocenters. The van der Waals surface area contributed by atoms with Crippen LogP contribution >= 0.6 is 0 Å². The second kappa shape index (κ2) is 7.37. The van der Waals surface area contributed by atoms with Crippen molar-refractivity contribution in [3.63, 3.8) is 0 Å². The largest absolute Gasteiger partial charge is 0.360 e. The molecule has 2 aromatic rings. The summed E-state index contributed by atoms with van der Waals surface area (Å²) in [6, 6.07) is 5.78. The average molecular weight is 365 g/mol. The Balaban J connectivity index is 2.12. The maximum absolute atomic E-state index is 12.3. The van der Waals surface area contributed by atoms with Gasteiger partial charge in [0.1, 0.15) is 10.6 Å². The summed E-state index contributed by atoms with van der Waals surface area (Å²) in [7, 11) is -3.87. The van der Waals surface area contributed by atoms with Crippen LogP contribution in [0.1, 0.15) is 42.3 Å². The lowest BCUT2D eigenvalue weighted by Crippen LogP contribution is -2.33. The standard InChI is InChI=1S/C17H23N3O4S/c1-10(2)14-8-6-7-11(3)16(14)19-15(21)9-18-25(22,23)17-12(4)20-24-13(17)5/h6-8,10,18H,9H2,1-5H3,(H,19,21). The van der Waals surface area contributed by atoms with Crippen molar-refractivity contribution < 1.29 is 17.7 Å². The first-order valence-electron chi connectivity index (χ1n) is 7.95. The summed E-state index contributed by atoms with van der Waals surface area (Å²) in [5, 5.41) is 6.43. The maximum Gasteiger partial charge on any atom is 0.246 e. The zero-order valence-corrected chi connectivity index (χ0v) is 15.8. The van der Waals surface area contributed by atoms with Crippen LogP contribution in [0.5, 0.6) is 0 Å². The zero-order valence-electron chi connectivity index (χ0n) is 15.0. The van der Waals surface area contributed by atoms with Gasteiger partial charge in [-0.3, -0.25) is 4.79 Å². The van der Waals surface area contributed by atoms with E-state index in [1.807, 2.05) is 39.0 Å². The Morgan fingerprint density at radius 1 is 1.24 bits per heavy atom. The van der Waals surface area contributed by atoms with E-state index in [1.54, 1.807) is 0 Å². The van der Waals surface area contributed by atoms with Gasteiger partial charge in [-0.2, -0.15) is 0 Å². The molecule has 1 amide bonds. The monoisotopic (exact) mass is 365 g/mol. The van der Waals surface area contributed by atoms with Crippen molar-refractivity contribution in [2.24, 2.45) is 0 Å². The summed E-state index contributed by atoms with van der Waals surface area (Å²) in [4.78, 5) is 12.2. The van der Waals surface area contributed by atoms with E-state index in [2.05, 4.69) is 15.2 Å². The quantitative estimate of drug-likeness (QED) is 0.819. The zero-order chi connectivity index (χ0) is 18.8. The minimum Gasteiger partial charge on any atom is -0.360 e. The van der Waals surface area contributed by atoms with Crippen LogP contribution in [0.15, 0.2) is 27.6 Å². The Bertz CT molecular complexity index is 866. The number of aromatic nitrogens is 1. The third-order valence-electron chi connectivity index (χ3n) is 3.85. The molecule has 0 saturated heterocycles. The van der Waals surface area contributed by atoms with Gasteiger partial charge < -0.3 is 9.84 Å². The van der Waals surface area contributed by atoms with Gasteiger partial charge in [0.05, 0.1) is 6.54 Å². The predicted molar refractivity (Wildman–Crippen MR) is 95.1 cm³/mol. The van der Waals surface area contributed by atoms with Gasteiger partial charge in [-0.1, -0.05) is 37.2 Å². The SMILES string of the molecule is Cc1cccc(C(C)C)c1NC(=O)CNS(=O)(=O)c1c(C)noc1C. The molecule has 0 bridgehead atoms. The first kappa shape index (κ1) is 19.1. The van der Waals surface area contributed by atoms with Crippen LogP contribution in [0.25, 0.3) is 0 Å². The van der Waals surface area contributed by atoms with E-state index in [4.69, 9.17) is 4.52 Å². The highest BCUT2D eigenvalue weighted by Gasteiger charge is 2.24. The van der Waals surface area contributed by atoms with Crippen LogP contribution in [0.3, 0.4) is 0 Å². The number of hydrogen-bond acceptors (Lipinski definition) is 5. The van der Waals surface area contributed by atoms with Crippen molar-refractivity contribution in [2.75, 3.05) is 11.9 Å². The second-order valence-corrected chi connectivity index (χ2v) is 7.92. The number of para-hydroxylation sites is 1. The van der Waals surface area contributed by atoms with Crippen molar-refractivity contribution in [2.45, 2.75) is 45.4 Å². The topological polar surface area (TPSA) is 101 Å². The highest BCUT2D eigenvalue weighted by molar-refractivity contribution is 7.89. The molecule has 0 fully saturated rings. The Hall–Kier alpha value is -2.19. The molecule has 136 valence electrons. The van der Waals surface area contributed by atoms with Crippen LogP contribution in [-0.2, 0) is 14.8 Å². The molecule has 0 aliphatic heterocycles. The molecule has 0 unspecified atom stereocenters. The van der Waals surface area contributed by atoms with Crippen LogP contribution in [0, 0.1) is 20.8 Å². The molecular weight excluding hydrogens is 342 g/mol. The molecular formula is C17H23N3O4S. The summed E-state index contributed by atoms with van der Waals surface area (Å²) in [6.07, 6.45) is 0. The third kappa shape index (κ3) is 4.26. The highest BCUT2D eigenvalue weighted by Crippen LogP contribution is 2.27. The molecule has 0 radical (unpaired) electrons. The molecule has 2 rings (SSSR count). The Morgan fingerprint density at radius 3 is 2.48 bits per heavy atom. The number of anilines is 1. The van der Waals surface area contributed by atoms with Crippen molar-refractivity contribution in [3.05, 3.63) is 40.8 Å². The van der Waals surface area contributed by atoms with E-state index in [0.29, 0.717) is 0 Å². The lowest BCUT2D eigenvalue weighted by Gasteiger charge is -2.16. The van der Waals surface area contributed by atoms with Crippen molar-refractivity contribution >= 4 is 21.6 Å². The van der Waals surface area contributed by atoms with E-state index in [-0.39, 0.29) is 28.8 Å². The van der Waals surface area contributed by atoms with Crippen LogP contribution in [0.2, 0.25) is 0 Å². The number of hydrogen-bond donors (Lipinski definition) is 2. The summed E-state index contributed by atoms with van der Waals surface area (Å²) < 4.78 is 31.8. The number of carbonyl (C=O) groups excluding carboxylic acids is 1. The number of carbonyl (C=O) groups is 1. The lowest BCUT2D eigenvalue weighted by molar-refractivity contribution is -0.115. The predicted octanol–water partition coefficient (Wildman–Crippen LogP) is 2.64. The number of nitrogens with zero attached hydrogens (tertiary/aromatic N) is 1. The molecule has 0 aliphatic carbocycles. The van der Waals surface area contributed by atoms with Crippen LogP contribution in [-0.4, -0.2) is 26.0 Å². The second-order valence-electron chi connectivity index (χ2n) is 6.22. The molecule has 0 saturated carbocycles. The molecule has 2 N–H and O–H groups in total. The highest BCUT2D eigenvalue weighted by atomic mass is 32.2. The third-order valence-corrected chi connectivity index (χ3v) is 5.50. The Labute approximate surface area is 147 Å². The fourth-order valence-corrected chi connectivity index (χ4v) is 3.92. The normalized spacial score (nSPS) is 11.8. The van der Waals surface area contributed by atoms with Gasteiger partial charge in [0.25, 0.3) is 0 Å². The van der Waals surface area contributed by atoms with Crippen molar-refractivity contribution in [1.82, 2.24) is 9.88 Å². The lowest BCUT2D eigenvalue weighted by atomic mass is 9.98. The fourth-order valence-electron chi connectivity index (χ4n) is 2.62. The summed E-state index contributed by atoms with van der Waals surface area (Å²) in [6.45, 7) is 8.63. The average Bonchev–Trinajstić information content (AvgIpc) is 2.87. The molecule has 8 heteroatoms. The van der Waals surface area contributed by atoms with Gasteiger partial charge in [0, 0.05) is 5.69 Å². The maximum atomic E-state index is 12.3. The van der Waals surface area contributed by atoms with E-state index >= 15 is 0 Å². The number of sulfonamides is 1. The first-order chi connectivity index (χ1) is 11.6. The number of rotatable bonds is 6. The molecule has 0 spiro atoms. The number of benzene rings is 1. The van der Waals surface area contributed by atoms with Crippen molar-refractivity contribution in [1.29, 1.82) is 0 Å². The summed E-state index contributed by atoms with van der Waals surface area (Å²) in [5.41, 5.74) is 2.90. The van der Waals surface area contributed by atoms with E-state index in [1.165, 1.54) is 13.8 Å². The van der Waals surface area contributed by atoms with Gasteiger partial charge in [-0.25, -0.2) is 13.1 Å².